The minimum Gasteiger partial charge on any atom is -0.353 e. The first kappa shape index (κ1) is 21.8. The molecule has 6 nitrogen and oxygen atoms in total. The van der Waals surface area contributed by atoms with Gasteiger partial charge in [0.05, 0.1) is 4.88 Å². The Morgan fingerprint density at radius 3 is 2.34 bits per heavy atom. The number of likely N-dealkylation sites (tertiary alicyclic amines) is 1. The van der Waals surface area contributed by atoms with Crippen LogP contribution in [0.15, 0.2) is 17.5 Å². The number of hydrogen-bond donors (Lipinski definition) is 2. The molecule has 3 rings (SSSR count). The van der Waals surface area contributed by atoms with Crippen molar-refractivity contribution in [1.29, 1.82) is 0 Å². The summed E-state index contributed by atoms with van der Waals surface area (Å²) in [6.07, 6.45) is 7.09. The van der Waals surface area contributed by atoms with Gasteiger partial charge in [0.15, 0.2) is 0 Å². The molecular weight excluding hydrogens is 386 g/mol. The number of thiophene rings is 1. The molecule has 1 aromatic rings. The summed E-state index contributed by atoms with van der Waals surface area (Å²) in [6.45, 7) is 5.14. The second-order valence-electron chi connectivity index (χ2n) is 8.62. The maximum atomic E-state index is 13.0. The highest BCUT2D eigenvalue weighted by Crippen LogP contribution is 2.24. The molecule has 2 heterocycles. The summed E-state index contributed by atoms with van der Waals surface area (Å²) in [5.41, 5.74) is 0. The van der Waals surface area contributed by atoms with E-state index in [1.807, 2.05) is 30.2 Å². The van der Waals surface area contributed by atoms with Gasteiger partial charge in [-0.15, -0.1) is 11.3 Å². The second-order valence-corrected chi connectivity index (χ2v) is 9.56. The van der Waals surface area contributed by atoms with E-state index in [1.54, 1.807) is 6.07 Å². The van der Waals surface area contributed by atoms with Gasteiger partial charge in [0.2, 0.25) is 11.8 Å². The maximum absolute atomic E-state index is 13.0. The monoisotopic (exact) mass is 419 g/mol. The fourth-order valence-corrected chi connectivity index (χ4v) is 4.89. The highest BCUT2D eigenvalue weighted by molar-refractivity contribution is 7.12. The van der Waals surface area contributed by atoms with Crippen LogP contribution in [0.3, 0.4) is 0 Å². The van der Waals surface area contributed by atoms with Gasteiger partial charge in [0.1, 0.15) is 6.04 Å². The SMILES string of the molecule is CC(C)C(NC(=O)c1cccs1)C(=O)N1CCC(NC(=O)C2CCCCC2)CC1. The number of carbonyl (C=O) groups excluding carboxylic acids is 3. The van der Waals surface area contributed by atoms with Crippen molar-refractivity contribution in [1.82, 2.24) is 15.5 Å². The van der Waals surface area contributed by atoms with Crippen molar-refractivity contribution >= 4 is 29.1 Å². The van der Waals surface area contributed by atoms with E-state index in [9.17, 15) is 14.4 Å². The molecule has 0 aromatic carbocycles. The van der Waals surface area contributed by atoms with E-state index >= 15 is 0 Å². The van der Waals surface area contributed by atoms with E-state index in [0.717, 1.165) is 38.5 Å². The van der Waals surface area contributed by atoms with Crippen LogP contribution in [0, 0.1) is 11.8 Å². The molecule has 2 aliphatic rings. The second kappa shape index (κ2) is 10.2. The molecule has 1 atom stereocenters. The van der Waals surface area contributed by atoms with Crippen molar-refractivity contribution in [2.45, 2.75) is 70.9 Å². The Kier molecular flexibility index (Phi) is 7.70. The molecule has 1 unspecified atom stereocenters. The largest absolute Gasteiger partial charge is 0.353 e. The minimum absolute atomic E-state index is 0.00939. The molecular formula is C22H33N3O3S. The molecule has 2 N–H and O–H groups in total. The number of carbonyl (C=O) groups is 3. The normalized spacial score (nSPS) is 19.8. The fraction of sp³-hybridized carbons (Fsp3) is 0.682. The van der Waals surface area contributed by atoms with Crippen molar-refractivity contribution in [3.05, 3.63) is 22.4 Å². The zero-order valence-electron chi connectivity index (χ0n) is 17.5. The summed E-state index contributed by atoms with van der Waals surface area (Å²) in [5.74, 6) is 0.151. The van der Waals surface area contributed by atoms with E-state index in [0.29, 0.717) is 18.0 Å². The van der Waals surface area contributed by atoms with Crippen LogP contribution in [0.1, 0.15) is 68.5 Å². The first-order chi connectivity index (χ1) is 14.0. The summed E-state index contributed by atoms with van der Waals surface area (Å²) < 4.78 is 0. The van der Waals surface area contributed by atoms with Gasteiger partial charge in [0, 0.05) is 25.0 Å². The van der Waals surface area contributed by atoms with Gasteiger partial charge < -0.3 is 15.5 Å². The molecule has 2 fully saturated rings. The third kappa shape index (κ3) is 5.81. The topological polar surface area (TPSA) is 78.5 Å². The van der Waals surface area contributed by atoms with Crippen molar-refractivity contribution in [3.63, 3.8) is 0 Å². The Bertz CT molecular complexity index is 690. The van der Waals surface area contributed by atoms with Gasteiger partial charge >= 0.3 is 0 Å². The number of amides is 3. The Labute approximate surface area is 177 Å². The van der Waals surface area contributed by atoms with E-state index in [-0.39, 0.29) is 35.6 Å². The van der Waals surface area contributed by atoms with Gasteiger partial charge in [-0.2, -0.15) is 0 Å². The number of nitrogens with zero attached hydrogens (tertiary/aromatic N) is 1. The molecule has 1 aromatic heterocycles. The predicted molar refractivity (Wildman–Crippen MR) is 115 cm³/mol. The van der Waals surface area contributed by atoms with Crippen LogP contribution < -0.4 is 10.6 Å². The average molecular weight is 420 g/mol. The van der Waals surface area contributed by atoms with Gasteiger partial charge in [-0.1, -0.05) is 39.2 Å². The van der Waals surface area contributed by atoms with Crippen LogP contribution in [-0.4, -0.2) is 47.8 Å². The lowest BCUT2D eigenvalue weighted by Gasteiger charge is -2.36. The Hall–Kier alpha value is -1.89. The standard InChI is InChI=1S/C22H33N3O3S/c1-15(2)19(24-21(27)18-9-6-14-29-18)22(28)25-12-10-17(11-13-25)23-20(26)16-7-4-3-5-8-16/h6,9,14-17,19H,3-5,7-8,10-13H2,1-2H3,(H,23,26)(H,24,27). The first-order valence-corrected chi connectivity index (χ1v) is 11.8. The van der Waals surface area contributed by atoms with E-state index in [4.69, 9.17) is 0 Å². The van der Waals surface area contributed by atoms with Gasteiger partial charge in [-0.25, -0.2) is 0 Å². The molecule has 7 heteroatoms. The smallest absolute Gasteiger partial charge is 0.262 e. The van der Waals surface area contributed by atoms with Gasteiger partial charge in [0.25, 0.3) is 5.91 Å². The zero-order chi connectivity index (χ0) is 20.8. The number of nitrogens with one attached hydrogen (secondary N) is 2. The Balaban J connectivity index is 1.49. The predicted octanol–water partition coefficient (Wildman–Crippen LogP) is 3.19. The van der Waals surface area contributed by atoms with Crippen LogP contribution in [-0.2, 0) is 9.59 Å². The lowest BCUT2D eigenvalue weighted by molar-refractivity contribution is -0.135. The highest BCUT2D eigenvalue weighted by Gasteiger charge is 2.32. The summed E-state index contributed by atoms with van der Waals surface area (Å²) in [5, 5.41) is 7.97. The summed E-state index contributed by atoms with van der Waals surface area (Å²) in [6, 6.07) is 3.21. The average Bonchev–Trinajstić information content (AvgIpc) is 3.27. The van der Waals surface area contributed by atoms with Crippen LogP contribution in [0.2, 0.25) is 0 Å². The third-order valence-corrected chi connectivity index (χ3v) is 6.96. The van der Waals surface area contributed by atoms with E-state index in [1.165, 1.54) is 17.8 Å². The summed E-state index contributed by atoms with van der Waals surface area (Å²) in [4.78, 5) is 40.4. The Morgan fingerprint density at radius 2 is 1.76 bits per heavy atom. The van der Waals surface area contributed by atoms with Crippen molar-refractivity contribution in [2.24, 2.45) is 11.8 Å². The molecule has 1 saturated carbocycles. The zero-order valence-corrected chi connectivity index (χ0v) is 18.3. The first-order valence-electron chi connectivity index (χ1n) is 10.9. The van der Waals surface area contributed by atoms with Crippen molar-refractivity contribution < 1.29 is 14.4 Å². The molecule has 3 amide bonds. The van der Waals surface area contributed by atoms with Crippen LogP contribution in [0.5, 0.6) is 0 Å². The molecule has 1 saturated heterocycles. The van der Waals surface area contributed by atoms with Gasteiger partial charge in [-0.05, 0) is 43.0 Å². The fourth-order valence-electron chi connectivity index (χ4n) is 4.26. The molecule has 0 bridgehead atoms. The minimum atomic E-state index is -0.530. The number of rotatable bonds is 6. The van der Waals surface area contributed by atoms with E-state index < -0.39 is 6.04 Å². The van der Waals surface area contributed by atoms with Crippen molar-refractivity contribution in [3.8, 4) is 0 Å². The molecule has 1 aliphatic heterocycles. The molecule has 1 aliphatic carbocycles. The maximum Gasteiger partial charge on any atom is 0.262 e. The van der Waals surface area contributed by atoms with Crippen LogP contribution >= 0.6 is 11.3 Å². The highest BCUT2D eigenvalue weighted by atomic mass is 32.1. The molecule has 0 spiro atoms. The number of hydrogen-bond acceptors (Lipinski definition) is 4. The summed E-state index contributed by atoms with van der Waals surface area (Å²) in [7, 11) is 0. The third-order valence-electron chi connectivity index (χ3n) is 6.09. The lowest BCUT2D eigenvalue weighted by Crippen LogP contribution is -2.55. The number of piperidine rings is 1. The molecule has 160 valence electrons. The van der Waals surface area contributed by atoms with E-state index in [2.05, 4.69) is 10.6 Å². The Morgan fingerprint density at radius 1 is 1.07 bits per heavy atom. The molecule has 0 radical (unpaired) electrons. The van der Waals surface area contributed by atoms with Crippen LogP contribution in [0.25, 0.3) is 0 Å². The summed E-state index contributed by atoms with van der Waals surface area (Å²) >= 11 is 1.37. The van der Waals surface area contributed by atoms with Crippen LogP contribution in [0.4, 0.5) is 0 Å². The molecule has 29 heavy (non-hydrogen) atoms. The van der Waals surface area contributed by atoms with Gasteiger partial charge in [-0.3, -0.25) is 14.4 Å². The van der Waals surface area contributed by atoms with Crippen molar-refractivity contribution in [2.75, 3.05) is 13.1 Å². The quantitative estimate of drug-likeness (QED) is 0.743. The lowest BCUT2D eigenvalue weighted by atomic mass is 9.88.